The highest BCUT2D eigenvalue weighted by atomic mass is 32.1. The van der Waals surface area contributed by atoms with Gasteiger partial charge < -0.3 is 14.8 Å². The van der Waals surface area contributed by atoms with E-state index in [1.807, 2.05) is 29.6 Å². The van der Waals surface area contributed by atoms with E-state index in [4.69, 9.17) is 4.74 Å². The Morgan fingerprint density at radius 1 is 1.26 bits per heavy atom. The molecule has 0 aliphatic rings. The molecule has 0 radical (unpaired) electrons. The fraction of sp³-hybridized carbons (Fsp3) is 0.353. The van der Waals surface area contributed by atoms with E-state index in [1.165, 1.54) is 11.3 Å². The van der Waals surface area contributed by atoms with Crippen molar-refractivity contribution in [3.63, 3.8) is 0 Å². The smallest absolute Gasteiger partial charge is 0.226 e. The zero-order valence-electron chi connectivity index (χ0n) is 13.1. The minimum absolute atomic E-state index is 0.0354. The van der Waals surface area contributed by atoms with Crippen LogP contribution in [0.15, 0.2) is 29.6 Å². The number of nitrogens with zero attached hydrogens (tertiary/aromatic N) is 1. The molecule has 0 saturated carbocycles. The first-order chi connectivity index (χ1) is 11.2. The van der Waals surface area contributed by atoms with Crippen molar-refractivity contribution in [1.29, 1.82) is 0 Å². The van der Waals surface area contributed by atoms with E-state index >= 15 is 0 Å². The maximum absolute atomic E-state index is 11.8. The molecule has 6 heteroatoms. The average molecular weight is 332 g/mol. The number of rotatable bonds is 9. The quantitative estimate of drug-likeness (QED) is 0.558. The molecule has 23 heavy (non-hydrogen) atoms. The van der Waals surface area contributed by atoms with Gasteiger partial charge in [-0.15, -0.1) is 11.3 Å². The number of aromatic nitrogens is 1. The Morgan fingerprint density at radius 2 is 2.04 bits per heavy atom. The summed E-state index contributed by atoms with van der Waals surface area (Å²) in [6, 6.07) is 7.64. The number of aldehydes is 1. The van der Waals surface area contributed by atoms with Gasteiger partial charge in [-0.3, -0.25) is 4.79 Å². The molecule has 0 bridgehead atoms. The molecule has 0 unspecified atom stereocenters. The van der Waals surface area contributed by atoms with Gasteiger partial charge in [0.1, 0.15) is 12.0 Å². The van der Waals surface area contributed by atoms with Gasteiger partial charge in [-0.1, -0.05) is 6.42 Å². The second kappa shape index (κ2) is 9.05. The van der Waals surface area contributed by atoms with Crippen molar-refractivity contribution in [2.75, 3.05) is 12.4 Å². The van der Waals surface area contributed by atoms with Gasteiger partial charge in [0.2, 0.25) is 5.91 Å². The summed E-state index contributed by atoms with van der Waals surface area (Å²) in [6.45, 7) is 0. The number of carbonyl (C=O) groups is 2. The number of unbranched alkanes of at least 4 members (excludes halogenated alkanes) is 3. The predicted molar refractivity (Wildman–Crippen MR) is 91.9 cm³/mol. The maximum Gasteiger partial charge on any atom is 0.226 e. The first kappa shape index (κ1) is 17.1. The summed E-state index contributed by atoms with van der Waals surface area (Å²) in [4.78, 5) is 26.5. The summed E-state index contributed by atoms with van der Waals surface area (Å²) in [5.41, 5.74) is 1.82. The number of carbonyl (C=O) groups excluding carboxylic acids is 2. The first-order valence-corrected chi connectivity index (χ1v) is 8.44. The van der Waals surface area contributed by atoms with E-state index in [0.717, 1.165) is 42.6 Å². The Morgan fingerprint density at radius 3 is 2.74 bits per heavy atom. The van der Waals surface area contributed by atoms with Gasteiger partial charge >= 0.3 is 0 Å². The van der Waals surface area contributed by atoms with Crippen LogP contribution in [0.25, 0.3) is 11.3 Å². The SMILES string of the molecule is COc1ccc(-c2csc(NC(=O)CCCCCC=O)n2)cc1. The average Bonchev–Trinajstić information content (AvgIpc) is 3.03. The van der Waals surface area contributed by atoms with E-state index in [1.54, 1.807) is 7.11 Å². The van der Waals surface area contributed by atoms with E-state index in [-0.39, 0.29) is 5.91 Å². The number of anilines is 1. The van der Waals surface area contributed by atoms with Crippen LogP contribution < -0.4 is 10.1 Å². The lowest BCUT2D eigenvalue weighted by Crippen LogP contribution is -2.10. The molecule has 0 aliphatic carbocycles. The molecular weight excluding hydrogens is 312 g/mol. The minimum atomic E-state index is -0.0354. The van der Waals surface area contributed by atoms with Crippen molar-refractivity contribution in [3.8, 4) is 17.0 Å². The molecule has 2 aromatic rings. The van der Waals surface area contributed by atoms with Crippen LogP contribution >= 0.6 is 11.3 Å². The van der Waals surface area contributed by atoms with Crippen molar-refractivity contribution < 1.29 is 14.3 Å². The topological polar surface area (TPSA) is 68.3 Å². The fourth-order valence-electron chi connectivity index (χ4n) is 2.10. The summed E-state index contributed by atoms with van der Waals surface area (Å²) >= 11 is 1.41. The Bertz CT molecular complexity index is 638. The Kier molecular flexibility index (Phi) is 6.75. The number of amides is 1. The zero-order valence-corrected chi connectivity index (χ0v) is 13.9. The molecule has 1 amide bonds. The minimum Gasteiger partial charge on any atom is -0.497 e. The molecule has 1 aromatic carbocycles. The normalized spacial score (nSPS) is 10.3. The van der Waals surface area contributed by atoms with E-state index < -0.39 is 0 Å². The van der Waals surface area contributed by atoms with E-state index in [2.05, 4.69) is 10.3 Å². The van der Waals surface area contributed by atoms with Crippen LogP contribution in [-0.2, 0) is 9.59 Å². The lowest BCUT2D eigenvalue weighted by Gasteiger charge is -2.02. The van der Waals surface area contributed by atoms with Gasteiger partial charge in [-0.2, -0.15) is 0 Å². The summed E-state index contributed by atoms with van der Waals surface area (Å²) in [5.74, 6) is 0.763. The monoisotopic (exact) mass is 332 g/mol. The van der Waals surface area contributed by atoms with Crippen molar-refractivity contribution in [2.24, 2.45) is 0 Å². The fourth-order valence-corrected chi connectivity index (χ4v) is 2.83. The van der Waals surface area contributed by atoms with Crippen LogP contribution in [0.1, 0.15) is 32.1 Å². The lowest BCUT2D eigenvalue weighted by molar-refractivity contribution is -0.116. The van der Waals surface area contributed by atoms with Crippen LogP contribution in [0.5, 0.6) is 5.75 Å². The number of methoxy groups -OCH3 is 1. The van der Waals surface area contributed by atoms with E-state index in [9.17, 15) is 9.59 Å². The highest BCUT2D eigenvalue weighted by Gasteiger charge is 2.08. The van der Waals surface area contributed by atoms with Crippen molar-refractivity contribution in [3.05, 3.63) is 29.6 Å². The molecule has 0 saturated heterocycles. The van der Waals surface area contributed by atoms with Gasteiger partial charge in [0.25, 0.3) is 0 Å². The number of thiazole rings is 1. The van der Waals surface area contributed by atoms with Gasteiger partial charge in [0.05, 0.1) is 12.8 Å². The third kappa shape index (κ3) is 5.49. The zero-order chi connectivity index (χ0) is 16.5. The van der Waals surface area contributed by atoms with Crippen LogP contribution in [0, 0.1) is 0 Å². The molecule has 2 rings (SSSR count). The van der Waals surface area contributed by atoms with Crippen molar-refractivity contribution >= 4 is 28.7 Å². The molecule has 0 aliphatic heterocycles. The molecule has 1 heterocycles. The largest absolute Gasteiger partial charge is 0.497 e. The third-order valence-corrected chi connectivity index (χ3v) is 4.12. The Labute approximate surface area is 139 Å². The molecular formula is C17H20N2O3S. The maximum atomic E-state index is 11.8. The molecule has 0 atom stereocenters. The van der Waals surface area contributed by atoms with Gasteiger partial charge in [0, 0.05) is 23.8 Å². The number of hydrogen-bond acceptors (Lipinski definition) is 5. The standard InChI is InChI=1S/C17H20N2O3S/c1-22-14-9-7-13(8-10-14)15-12-23-17(18-15)19-16(21)6-4-2-3-5-11-20/h7-12H,2-6H2,1H3,(H,18,19,21). The number of benzene rings is 1. The van der Waals surface area contributed by atoms with Crippen LogP contribution in [-0.4, -0.2) is 24.3 Å². The Hall–Kier alpha value is -2.21. The number of nitrogens with one attached hydrogen (secondary N) is 1. The second-order valence-electron chi connectivity index (χ2n) is 5.08. The Balaban J connectivity index is 1.84. The second-order valence-corrected chi connectivity index (χ2v) is 5.94. The molecule has 122 valence electrons. The molecule has 1 aromatic heterocycles. The summed E-state index contributed by atoms with van der Waals surface area (Å²) < 4.78 is 5.13. The van der Waals surface area contributed by atoms with Crippen molar-refractivity contribution in [1.82, 2.24) is 4.98 Å². The van der Waals surface area contributed by atoms with Crippen LogP contribution in [0.2, 0.25) is 0 Å². The molecule has 0 spiro atoms. The molecule has 5 nitrogen and oxygen atoms in total. The van der Waals surface area contributed by atoms with Crippen molar-refractivity contribution in [2.45, 2.75) is 32.1 Å². The summed E-state index contributed by atoms with van der Waals surface area (Å²) in [7, 11) is 1.63. The summed E-state index contributed by atoms with van der Waals surface area (Å²) in [5, 5.41) is 5.34. The van der Waals surface area contributed by atoms with Gasteiger partial charge in [-0.25, -0.2) is 4.98 Å². The van der Waals surface area contributed by atoms with Gasteiger partial charge in [0.15, 0.2) is 5.13 Å². The van der Waals surface area contributed by atoms with Crippen LogP contribution in [0.3, 0.4) is 0 Å². The van der Waals surface area contributed by atoms with Crippen LogP contribution in [0.4, 0.5) is 5.13 Å². The third-order valence-electron chi connectivity index (χ3n) is 3.36. The van der Waals surface area contributed by atoms with E-state index in [0.29, 0.717) is 18.0 Å². The number of hydrogen-bond donors (Lipinski definition) is 1. The van der Waals surface area contributed by atoms with Gasteiger partial charge in [-0.05, 0) is 37.1 Å². The lowest BCUT2D eigenvalue weighted by atomic mass is 10.1. The highest BCUT2D eigenvalue weighted by Crippen LogP contribution is 2.26. The molecule has 0 fully saturated rings. The number of ether oxygens (including phenoxy) is 1. The highest BCUT2D eigenvalue weighted by molar-refractivity contribution is 7.14. The summed E-state index contributed by atoms with van der Waals surface area (Å²) in [6.07, 6.45) is 4.46. The predicted octanol–water partition coefficient (Wildman–Crippen LogP) is 3.91. The molecule has 1 N–H and O–H groups in total. The first-order valence-electron chi connectivity index (χ1n) is 7.56.